The van der Waals surface area contributed by atoms with E-state index in [4.69, 9.17) is 19.3 Å². The van der Waals surface area contributed by atoms with E-state index in [1.807, 2.05) is 13.8 Å². The number of ether oxygens (including phenoxy) is 5. The Kier molecular flexibility index (Phi) is 14.0. The number of methoxy groups -OCH3 is 3. The molecule has 0 radical (unpaired) electrons. The molecule has 2 heterocycles. The maximum absolute atomic E-state index is 11.6. The van der Waals surface area contributed by atoms with Crippen LogP contribution in [0.2, 0.25) is 0 Å². The van der Waals surface area contributed by atoms with E-state index in [0.717, 1.165) is 0 Å². The molecule has 8 atom stereocenters. The smallest absolute Gasteiger partial charge is 0.337 e. The van der Waals surface area contributed by atoms with E-state index in [1.165, 1.54) is 26.7 Å². The molecule has 2 fully saturated rings. The second-order valence-electron chi connectivity index (χ2n) is 8.89. The number of aliphatic hydroxyl groups excluding tert-OH is 1. The minimum atomic E-state index is -1.11. The highest BCUT2D eigenvalue weighted by Crippen LogP contribution is 2.47. The van der Waals surface area contributed by atoms with Gasteiger partial charge in [-0.3, -0.25) is 14.4 Å². The first-order chi connectivity index (χ1) is 18.2. The molecule has 0 aromatic heterocycles. The lowest BCUT2D eigenvalue weighted by Crippen LogP contribution is -2.39. The van der Waals surface area contributed by atoms with Crippen molar-refractivity contribution in [3.05, 3.63) is 23.7 Å². The Morgan fingerprint density at radius 1 is 0.868 bits per heavy atom. The van der Waals surface area contributed by atoms with E-state index >= 15 is 0 Å². The van der Waals surface area contributed by atoms with Crippen LogP contribution >= 0.6 is 0 Å². The van der Waals surface area contributed by atoms with Gasteiger partial charge in [0.2, 0.25) is 12.6 Å². The van der Waals surface area contributed by atoms with Gasteiger partial charge in [-0.15, -0.1) is 0 Å². The lowest BCUT2D eigenvalue weighted by molar-refractivity contribution is -0.168. The average Bonchev–Trinajstić information content (AvgIpc) is 3.56. The van der Waals surface area contributed by atoms with Crippen LogP contribution in [-0.2, 0) is 42.9 Å². The van der Waals surface area contributed by atoms with Crippen molar-refractivity contribution in [2.45, 2.75) is 52.1 Å². The standard InChI is InChI=1S/C12H16O6.C10H12O5.C2H6O.C2H6/c1-16-11(15)8-5-18-12(17-2)9-6(8)3-4-7(9)10(13)14;11-3-5-4-15-10(14)8-6(5)1-2-7(8)9(12)13;1-3-2;1-2/h5-7,9,12H,3-4H2,1-2H3,(H,13,14);3-4,6-8,10,14H,1-2H2,(H,12,13);1-2H3;1-2H3. The summed E-state index contributed by atoms with van der Waals surface area (Å²) in [5, 5.41) is 27.7. The summed E-state index contributed by atoms with van der Waals surface area (Å²) in [6, 6.07) is 0. The van der Waals surface area contributed by atoms with Gasteiger partial charge in [-0.25, -0.2) is 4.79 Å². The number of aliphatic hydroxyl groups is 1. The monoisotopic (exact) mass is 544 g/mol. The van der Waals surface area contributed by atoms with Crippen LogP contribution < -0.4 is 0 Å². The van der Waals surface area contributed by atoms with Crippen LogP contribution in [0.25, 0.3) is 0 Å². The van der Waals surface area contributed by atoms with Gasteiger partial charge in [-0.2, -0.15) is 0 Å². The SMILES string of the molecule is CC.COC.COC(=O)C1=COC(OC)C2C(C(=O)O)CCC12.O=CC1=COC(O)C2C(C(=O)O)CCC12. The maximum Gasteiger partial charge on any atom is 0.337 e. The lowest BCUT2D eigenvalue weighted by Gasteiger charge is -2.33. The second-order valence-corrected chi connectivity index (χ2v) is 8.89. The van der Waals surface area contributed by atoms with Crippen molar-refractivity contribution in [3.63, 3.8) is 0 Å². The Balaban J connectivity index is 0.000000329. The van der Waals surface area contributed by atoms with Crippen molar-refractivity contribution in [2.24, 2.45) is 35.5 Å². The summed E-state index contributed by atoms with van der Waals surface area (Å²) in [5.74, 6) is -4.62. The van der Waals surface area contributed by atoms with E-state index < -0.39 is 48.2 Å². The predicted molar refractivity (Wildman–Crippen MR) is 132 cm³/mol. The van der Waals surface area contributed by atoms with Crippen LogP contribution in [0.15, 0.2) is 23.7 Å². The zero-order chi connectivity index (χ0) is 29.0. The highest BCUT2D eigenvalue weighted by molar-refractivity contribution is 5.89. The van der Waals surface area contributed by atoms with Crippen molar-refractivity contribution in [1.82, 2.24) is 0 Å². The molecule has 12 heteroatoms. The molecule has 8 unspecified atom stereocenters. The zero-order valence-corrected chi connectivity index (χ0v) is 22.7. The van der Waals surface area contributed by atoms with Crippen molar-refractivity contribution < 1.29 is 58.2 Å². The molecule has 0 aromatic carbocycles. The number of hydrogen-bond donors (Lipinski definition) is 3. The minimum Gasteiger partial charge on any atom is -0.481 e. The van der Waals surface area contributed by atoms with Crippen LogP contribution in [0, 0.1) is 35.5 Å². The van der Waals surface area contributed by atoms with Crippen molar-refractivity contribution in [2.75, 3.05) is 28.4 Å². The van der Waals surface area contributed by atoms with Crippen molar-refractivity contribution in [1.29, 1.82) is 0 Å². The van der Waals surface area contributed by atoms with Crippen LogP contribution in [0.3, 0.4) is 0 Å². The molecule has 3 N–H and O–H groups in total. The molecule has 2 aliphatic carbocycles. The molecule has 38 heavy (non-hydrogen) atoms. The van der Waals surface area contributed by atoms with Gasteiger partial charge in [0, 0.05) is 44.7 Å². The summed E-state index contributed by atoms with van der Waals surface area (Å²) in [6.45, 7) is 4.00. The Hall–Kier alpha value is -2.96. The fourth-order valence-electron chi connectivity index (χ4n) is 5.44. The third-order valence-corrected chi connectivity index (χ3v) is 7.00. The van der Waals surface area contributed by atoms with Gasteiger partial charge in [0.15, 0.2) is 0 Å². The van der Waals surface area contributed by atoms with E-state index in [0.29, 0.717) is 43.1 Å². The number of aliphatic carboxylic acids is 2. The van der Waals surface area contributed by atoms with Crippen molar-refractivity contribution in [3.8, 4) is 0 Å². The normalized spacial score (nSPS) is 32.2. The van der Waals surface area contributed by atoms with E-state index in [2.05, 4.69) is 9.47 Å². The number of aldehydes is 1. The van der Waals surface area contributed by atoms with Gasteiger partial charge in [-0.1, -0.05) is 13.8 Å². The van der Waals surface area contributed by atoms with Crippen LogP contribution in [0.4, 0.5) is 0 Å². The predicted octanol–water partition coefficient (Wildman–Crippen LogP) is 2.21. The summed E-state index contributed by atoms with van der Waals surface area (Å²) in [7, 11) is 6.01. The molecule has 12 nitrogen and oxygen atoms in total. The van der Waals surface area contributed by atoms with Gasteiger partial charge in [0.1, 0.15) is 6.29 Å². The number of carbonyl (C=O) groups excluding carboxylic acids is 2. The maximum atomic E-state index is 11.6. The molecule has 4 rings (SSSR count). The van der Waals surface area contributed by atoms with E-state index in [9.17, 15) is 29.4 Å². The molecule has 0 amide bonds. The number of allylic oxidation sites excluding steroid dienone is 1. The third-order valence-electron chi connectivity index (χ3n) is 7.00. The van der Waals surface area contributed by atoms with E-state index in [-0.39, 0.29) is 17.8 Å². The summed E-state index contributed by atoms with van der Waals surface area (Å²) in [4.78, 5) is 44.5. The first kappa shape index (κ1) is 33.1. The van der Waals surface area contributed by atoms with Crippen LogP contribution in [0.5, 0.6) is 0 Å². The largest absolute Gasteiger partial charge is 0.481 e. The Morgan fingerprint density at radius 3 is 1.87 bits per heavy atom. The first-order valence-electron chi connectivity index (χ1n) is 12.5. The van der Waals surface area contributed by atoms with Gasteiger partial charge in [-0.05, 0) is 31.6 Å². The molecule has 0 spiro atoms. The van der Waals surface area contributed by atoms with Gasteiger partial charge >= 0.3 is 17.9 Å². The fourth-order valence-corrected chi connectivity index (χ4v) is 5.44. The number of fused-ring (bicyclic) bond motifs is 2. The molecular weight excluding hydrogens is 504 g/mol. The summed E-state index contributed by atoms with van der Waals surface area (Å²) in [5.41, 5.74) is 0.855. The molecule has 0 saturated heterocycles. The minimum absolute atomic E-state index is 0.169. The van der Waals surface area contributed by atoms with Crippen LogP contribution in [0.1, 0.15) is 39.5 Å². The highest BCUT2D eigenvalue weighted by atomic mass is 16.7. The Bertz CT molecular complexity index is 866. The first-order valence-corrected chi connectivity index (χ1v) is 12.5. The molecule has 4 aliphatic rings. The molecule has 2 aliphatic heterocycles. The zero-order valence-electron chi connectivity index (χ0n) is 22.7. The Morgan fingerprint density at radius 2 is 1.39 bits per heavy atom. The molecule has 2 saturated carbocycles. The highest BCUT2D eigenvalue weighted by Gasteiger charge is 2.51. The number of carbonyl (C=O) groups is 4. The summed E-state index contributed by atoms with van der Waals surface area (Å²) in [6.07, 6.45) is 3.77. The topological polar surface area (TPSA) is 175 Å². The number of carboxylic acids is 2. The fraction of sp³-hybridized carbons (Fsp3) is 0.692. The number of hydrogen-bond acceptors (Lipinski definition) is 10. The van der Waals surface area contributed by atoms with Gasteiger partial charge in [0.05, 0.1) is 37.0 Å². The van der Waals surface area contributed by atoms with Crippen LogP contribution in [-0.4, -0.2) is 80.5 Å². The number of rotatable bonds is 5. The average molecular weight is 545 g/mol. The number of esters is 1. The summed E-state index contributed by atoms with van der Waals surface area (Å²) >= 11 is 0. The summed E-state index contributed by atoms with van der Waals surface area (Å²) < 4.78 is 24.3. The second kappa shape index (κ2) is 16.1. The molecule has 0 aromatic rings. The van der Waals surface area contributed by atoms with Gasteiger partial charge in [0.25, 0.3) is 0 Å². The lowest BCUT2D eigenvalue weighted by atomic mass is 9.83. The molecule has 0 bridgehead atoms. The molecule has 216 valence electrons. The van der Waals surface area contributed by atoms with Gasteiger partial charge < -0.3 is 39.0 Å². The number of carboxylic acid groups (broad SMARTS) is 2. The Labute approximate surface area is 222 Å². The quantitative estimate of drug-likeness (QED) is 0.340. The molecular formula is C26H40O12. The van der Waals surface area contributed by atoms with E-state index in [1.54, 1.807) is 14.2 Å². The van der Waals surface area contributed by atoms with Crippen molar-refractivity contribution >= 4 is 24.2 Å². The third kappa shape index (κ3) is 7.55.